The summed E-state index contributed by atoms with van der Waals surface area (Å²) in [5.74, 6) is 1.26. The SMILES string of the molecule is O=C1N([C@@H]2CCC[C@@H](O)C2)c2nc(Nc3c[nH]nc3-c3cnn4c3CCC4)ncc2C12CC2. The summed E-state index contributed by atoms with van der Waals surface area (Å²) in [5.41, 5.74) is 4.27. The van der Waals surface area contributed by atoms with Crippen LogP contribution in [0.4, 0.5) is 17.5 Å². The minimum atomic E-state index is -0.449. The van der Waals surface area contributed by atoms with Crippen molar-refractivity contribution in [3.8, 4) is 11.3 Å². The second kappa shape index (κ2) is 6.86. The molecule has 0 saturated heterocycles. The third-order valence-electron chi connectivity index (χ3n) is 7.75. The molecule has 2 aliphatic carbocycles. The van der Waals surface area contributed by atoms with Gasteiger partial charge in [-0.3, -0.25) is 19.5 Å². The molecule has 2 fully saturated rings. The lowest BCUT2D eigenvalue weighted by Crippen LogP contribution is -2.44. The number of fused-ring (bicyclic) bond motifs is 3. The van der Waals surface area contributed by atoms with E-state index >= 15 is 0 Å². The number of hydrogen-bond acceptors (Lipinski definition) is 7. The normalized spacial score (nSPS) is 24.9. The zero-order valence-corrected chi connectivity index (χ0v) is 18.3. The number of amides is 1. The van der Waals surface area contributed by atoms with Crippen LogP contribution in [0.1, 0.15) is 56.2 Å². The summed E-state index contributed by atoms with van der Waals surface area (Å²) < 4.78 is 2.04. The number of H-pyrrole nitrogens is 1. The number of aryl methyl sites for hydroxylation is 1. The first kappa shape index (κ1) is 19.2. The van der Waals surface area contributed by atoms with Crippen molar-refractivity contribution in [1.29, 1.82) is 0 Å². The van der Waals surface area contributed by atoms with Gasteiger partial charge in [0, 0.05) is 41.8 Å². The van der Waals surface area contributed by atoms with Gasteiger partial charge in [0.1, 0.15) is 11.5 Å². The highest BCUT2D eigenvalue weighted by Gasteiger charge is 2.61. The number of carbonyl (C=O) groups excluding carboxylic acids is 1. The van der Waals surface area contributed by atoms with Gasteiger partial charge in [0.25, 0.3) is 0 Å². The molecular weight excluding hydrogens is 420 g/mol. The van der Waals surface area contributed by atoms with Gasteiger partial charge in [-0.2, -0.15) is 15.2 Å². The van der Waals surface area contributed by atoms with Crippen molar-refractivity contribution in [3.05, 3.63) is 29.8 Å². The maximum Gasteiger partial charge on any atom is 0.239 e. The van der Waals surface area contributed by atoms with E-state index in [1.165, 1.54) is 5.69 Å². The molecule has 10 heteroatoms. The summed E-state index contributed by atoms with van der Waals surface area (Å²) in [7, 11) is 0. The number of carbonyl (C=O) groups is 1. The number of aliphatic hydroxyl groups is 1. The van der Waals surface area contributed by atoms with Crippen LogP contribution in [0.2, 0.25) is 0 Å². The molecule has 2 aliphatic heterocycles. The van der Waals surface area contributed by atoms with Crippen LogP contribution < -0.4 is 10.2 Å². The lowest BCUT2D eigenvalue weighted by Gasteiger charge is -2.33. The Hall–Kier alpha value is -3.27. The van der Waals surface area contributed by atoms with E-state index in [1.807, 2.05) is 22.0 Å². The van der Waals surface area contributed by atoms with Crippen molar-refractivity contribution in [2.75, 3.05) is 10.2 Å². The highest BCUT2D eigenvalue weighted by atomic mass is 16.3. The van der Waals surface area contributed by atoms with E-state index in [-0.39, 0.29) is 18.1 Å². The van der Waals surface area contributed by atoms with E-state index < -0.39 is 5.41 Å². The van der Waals surface area contributed by atoms with Crippen LogP contribution >= 0.6 is 0 Å². The minimum absolute atomic E-state index is 0.0118. The second-order valence-corrected chi connectivity index (χ2v) is 9.77. The Balaban J connectivity index is 1.23. The Bertz CT molecular complexity index is 1260. The van der Waals surface area contributed by atoms with Gasteiger partial charge in [0.15, 0.2) is 0 Å². The van der Waals surface area contributed by atoms with E-state index in [2.05, 4.69) is 25.6 Å². The topological polar surface area (TPSA) is 125 Å². The Morgan fingerprint density at radius 2 is 2.12 bits per heavy atom. The average molecular weight is 447 g/mol. The van der Waals surface area contributed by atoms with Crippen LogP contribution in [0.15, 0.2) is 18.6 Å². The first-order valence-electron chi connectivity index (χ1n) is 11.9. The molecule has 4 aliphatic rings. The molecule has 0 bridgehead atoms. The zero-order chi connectivity index (χ0) is 22.2. The molecule has 3 aromatic rings. The van der Waals surface area contributed by atoms with Gasteiger partial charge in [-0.1, -0.05) is 0 Å². The maximum absolute atomic E-state index is 13.4. The first-order valence-corrected chi connectivity index (χ1v) is 11.9. The Kier molecular flexibility index (Phi) is 4.00. The first-order chi connectivity index (χ1) is 16.1. The molecule has 3 N–H and O–H groups in total. The molecule has 0 aromatic carbocycles. The van der Waals surface area contributed by atoms with Gasteiger partial charge in [0.2, 0.25) is 11.9 Å². The molecule has 2 atom stereocenters. The quantitative estimate of drug-likeness (QED) is 0.562. The zero-order valence-electron chi connectivity index (χ0n) is 18.3. The standard InChI is InChI=1S/C23H26N8O2/c32-14-4-1-3-13(9-14)31-20-16(23(6-7-23)21(31)33)11-24-22(28-20)27-17-12-25-29-19(17)15-10-26-30-8-2-5-18(15)30/h10-14,32H,1-9H2,(H,25,29)(H,24,27,28)/t13-,14-/m1/s1. The smallest absolute Gasteiger partial charge is 0.239 e. The average Bonchev–Trinajstić information content (AvgIpc) is 3.09. The highest BCUT2D eigenvalue weighted by Crippen LogP contribution is 2.57. The molecule has 1 spiro atoms. The van der Waals surface area contributed by atoms with E-state index in [0.717, 1.165) is 74.0 Å². The van der Waals surface area contributed by atoms with Crippen LogP contribution in [0, 0.1) is 0 Å². The molecular formula is C23H26N8O2. The summed E-state index contributed by atoms with van der Waals surface area (Å²) in [6.07, 6.45) is 12.1. The largest absolute Gasteiger partial charge is 0.393 e. The lowest BCUT2D eigenvalue weighted by atomic mass is 9.92. The van der Waals surface area contributed by atoms with Crippen molar-refractivity contribution >= 4 is 23.4 Å². The van der Waals surface area contributed by atoms with Crippen molar-refractivity contribution < 1.29 is 9.90 Å². The van der Waals surface area contributed by atoms with Crippen LogP contribution in [0.5, 0.6) is 0 Å². The molecule has 5 heterocycles. The molecule has 7 rings (SSSR count). The predicted octanol–water partition coefficient (Wildman–Crippen LogP) is 2.43. The molecule has 2 saturated carbocycles. The molecule has 170 valence electrons. The van der Waals surface area contributed by atoms with Crippen molar-refractivity contribution in [3.63, 3.8) is 0 Å². The summed E-state index contributed by atoms with van der Waals surface area (Å²) in [6, 6.07) is -0.0118. The number of rotatable bonds is 4. The summed E-state index contributed by atoms with van der Waals surface area (Å²) in [5, 5.41) is 25.4. The van der Waals surface area contributed by atoms with Crippen LogP contribution in [0.3, 0.4) is 0 Å². The van der Waals surface area contributed by atoms with Gasteiger partial charge < -0.3 is 10.4 Å². The van der Waals surface area contributed by atoms with E-state index in [9.17, 15) is 9.90 Å². The van der Waals surface area contributed by atoms with Crippen LogP contribution in [-0.4, -0.2) is 53.1 Å². The summed E-state index contributed by atoms with van der Waals surface area (Å²) in [6.45, 7) is 0.942. The lowest BCUT2D eigenvalue weighted by molar-refractivity contribution is -0.121. The van der Waals surface area contributed by atoms with Crippen molar-refractivity contribution in [2.24, 2.45) is 0 Å². The van der Waals surface area contributed by atoms with Crippen LogP contribution in [-0.2, 0) is 23.2 Å². The third kappa shape index (κ3) is 2.79. The van der Waals surface area contributed by atoms with Gasteiger partial charge in [-0.05, 0) is 51.4 Å². The number of aromatic amines is 1. The second-order valence-electron chi connectivity index (χ2n) is 9.77. The fourth-order valence-electron chi connectivity index (χ4n) is 5.89. The number of aliphatic hydroxyl groups excluding tert-OH is 1. The molecule has 1 amide bonds. The predicted molar refractivity (Wildman–Crippen MR) is 120 cm³/mol. The van der Waals surface area contributed by atoms with E-state index in [1.54, 1.807) is 6.20 Å². The van der Waals surface area contributed by atoms with Gasteiger partial charge in [0.05, 0.1) is 23.4 Å². The van der Waals surface area contributed by atoms with E-state index in [4.69, 9.17) is 4.98 Å². The Labute approximate surface area is 190 Å². The summed E-state index contributed by atoms with van der Waals surface area (Å²) >= 11 is 0. The molecule has 0 unspecified atom stereocenters. The number of aromatic nitrogens is 6. The monoisotopic (exact) mass is 446 g/mol. The number of nitrogens with zero attached hydrogens (tertiary/aromatic N) is 6. The summed E-state index contributed by atoms with van der Waals surface area (Å²) in [4.78, 5) is 24.7. The number of hydrogen-bond donors (Lipinski definition) is 3. The number of nitrogens with one attached hydrogen (secondary N) is 2. The number of anilines is 3. The van der Waals surface area contributed by atoms with Crippen molar-refractivity contribution in [2.45, 2.75) is 75.5 Å². The van der Waals surface area contributed by atoms with Crippen molar-refractivity contribution in [1.82, 2.24) is 29.9 Å². The van der Waals surface area contributed by atoms with Gasteiger partial charge in [-0.25, -0.2) is 4.98 Å². The molecule has 3 aromatic heterocycles. The Morgan fingerprint density at radius 3 is 2.97 bits per heavy atom. The van der Waals surface area contributed by atoms with E-state index in [0.29, 0.717) is 18.2 Å². The van der Waals surface area contributed by atoms with Gasteiger partial charge in [-0.15, -0.1) is 0 Å². The third-order valence-corrected chi connectivity index (χ3v) is 7.75. The maximum atomic E-state index is 13.4. The molecule has 0 radical (unpaired) electrons. The van der Waals surface area contributed by atoms with Crippen LogP contribution in [0.25, 0.3) is 11.3 Å². The Morgan fingerprint density at radius 1 is 1.21 bits per heavy atom. The van der Waals surface area contributed by atoms with Gasteiger partial charge >= 0.3 is 0 Å². The minimum Gasteiger partial charge on any atom is -0.393 e. The highest BCUT2D eigenvalue weighted by molar-refractivity contribution is 6.09. The fourth-order valence-corrected chi connectivity index (χ4v) is 5.89. The fraction of sp³-hybridized carbons (Fsp3) is 0.522. The molecule has 10 nitrogen and oxygen atoms in total. The molecule has 33 heavy (non-hydrogen) atoms.